The number of esters is 1. The second-order valence-electron chi connectivity index (χ2n) is 8.19. The van der Waals surface area contributed by atoms with Crippen LogP contribution in [-0.2, 0) is 14.3 Å². The number of rotatable bonds is 12. The van der Waals surface area contributed by atoms with Crippen LogP contribution in [0.4, 0.5) is 0 Å². The molecule has 1 fully saturated rings. The Hall–Kier alpha value is -2.15. The SMILES string of the molecule is COc1ccnc(C(=O)C[C@@H](C)C(=O)O[C@H](C(C)C)[C@H](C)OCCC2CC2)c1O. The molecule has 0 radical (unpaired) electrons. The van der Waals surface area contributed by atoms with Crippen LogP contribution >= 0.6 is 0 Å². The third kappa shape index (κ3) is 6.70. The molecule has 0 spiro atoms. The number of carbonyl (C=O) groups is 2. The minimum absolute atomic E-state index is 0.0851. The van der Waals surface area contributed by atoms with Gasteiger partial charge in [-0.15, -0.1) is 0 Å². The highest BCUT2D eigenvalue weighted by molar-refractivity contribution is 5.99. The van der Waals surface area contributed by atoms with Gasteiger partial charge in [-0.05, 0) is 25.2 Å². The van der Waals surface area contributed by atoms with Crippen LogP contribution in [0.5, 0.6) is 11.5 Å². The molecule has 2 rings (SSSR count). The van der Waals surface area contributed by atoms with Crippen molar-refractivity contribution in [2.24, 2.45) is 17.8 Å². The van der Waals surface area contributed by atoms with Crippen LogP contribution in [0.2, 0.25) is 0 Å². The standard InChI is InChI=1S/C22H33NO6/c1-13(2)21(15(4)28-11-9-16-6-7-16)29-22(26)14(3)12-17(24)19-20(25)18(27-5)8-10-23-19/h8,10,13-16,21,25H,6-7,9,11-12H2,1-5H3/t14-,15+,21-/m1/s1. The van der Waals surface area contributed by atoms with Gasteiger partial charge in [0.05, 0.1) is 19.1 Å². The number of methoxy groups -OCH3 is 1. The van der Waals surface area contributed by atoms with E-state index in [2.05, 4.69) is 4.98 Å². The zero-order valence-corrected chi connectivity index (χ0v) is 18.0. The van der Waals surface area contributed by atoms with E-state index in [9.17, 15) is 14.7 Å². The zero-order valence-electron chi connectivity index (χ0n) is 18.0. The monoisotopic (exact) mass is 407 g/mol. The van der Waals surface area contributed by atoms with Crippen molar-refractivity contribution in [1.29, 1.82) is 0 Å². The summed E-state index contributed by atoms with van der Waals surface area (Å²) in [6.45, 7) is 8.17. The molecule has 0 aliphatic heterocycles. The lowest BCUT2D eigenvalue weighted by atomic mass is 10.00. The summed E-state index contributed by atoms with van der Waals surface area (Å²) in [5.41, 5.74) is -0.110. The Labute approximate surface area is 172 Å². The predicted octanol–water partition coefficient (Wildman–Crippen LogP) is 3.78. The fourth-order valence-corrected chi connectivity index (χ4v) is 3.21. The van der Waals surface area contributed by atoms with Crippen molar-refractivity contribution >= 4 is 11.8 Å². The van der Waals surface area contributed by atoms with Gasteiger partial charge in [-0.25, -0.2) is 4.98 Å². The molecule has 29 heavy (non-hydrogen) atoms. The molecule has 7 heteroatoms. The second-order valence-corrected chi connectivity index (χ2v) is 8.19. The highest BCUT2D eigenvalue weighted by atomic mass is 16.6. The lowest BCUT2D eigenvalue weighted by Crippen LogP contribution is -2.37. The fourth-order valence-electron chi connectivity index (χ4n) is 3.21. The second kappa shape index (κ2) is 10.6. The Kier molecular flexibility index (Phi) is 8.44. The number of ether oxygens (including phenoxy) is 3. The van der Waals surface area contributed by atoms with Crippen LogP contribution in [0.25, 0.3) is 0 Å². The van der Waals surface area contributed by atoms with Crippen molar-refractivity contribution in [3.8, 4) is 11.5 Å². The number of ketones is 1. The number of hydrogen-bond donors (Lipinski definition) is 1. The first-order valence-corrected chi connectivity index (χ1v) is 10.3. The van der Waals surface area contributed by atoms with Gasteiger partial charge in [-0.3, -0.25) is 9.59 Å². The molecule has 7 nitrogen and oxygen atoms in total. The Balaban J connectivity index is 1.92. The third-order valence-electron chi connectivity index (χ3n) is 5.24. The maximum absolute atomic E-state index is 12.6. The summed E-state index contributed by atoms with van der Waals surface area (Å²) < 4.78 is 16.6. The summed E-state index contributed by atoms with van der Waals surface area (Å²) in [5, 5.41) is 10.1. The van der Waals surface area contributed by atoms with Crippen LogP contribution in [0.3, 0.4) is 0 Å². The largest absolute Gasteiger partial charge is 0.503 e. The Morgan fingerprint density at radius 1 is 1.24 bits per heavy atom. The van der Waals surface area contributed by atoms with Crippen molar-refractivity contribution in [2.45, 2.75) is 65.6 Å². The van der Waals surface area contributed by atoms with E-state index in [-0.39, 0.29) is 41.7 Å². The van der Waals surface area contributed by atoms with E-state index < -0.39 is 17.7 Å². The van der Waals surface area contributed by atoms with Crippen LogP contribution in [0, 0.1) is 17.8 Å². The van der Waals surface area contributed by atoms with Gasteiger partial charge >= 0.3 is 5.97 Å². The Bertz CT molecular complexity index is 701. The number of hydrogen-bond acceptors (Lipinski definition) is 7. The molecule has 1 aromatic heterocycles. The van der Waals surface area contributed by atoms with Crippen molar-refractivity contribution in [3.63, 3.8) is 0 Å². The van der Waals surface area contributed by atoms with Crippen LogP contribution < -0.4 is 4.74 Å². The number of pyridine rings is 1. The van der Waals surface area contributed by atoms with Gasteiger partial charge in [0.25, 0.3) is 0 Å². The van der Waals surface area contributed by atoms with Gasteiger partial charge in [0, 0.05) is 25.3 Å². The maximum Gasteiger partial charge on any atom is 0.309 e. The van der Waals surface area contributed by atoms with Crippen LogP contribution in [0.1, 0.15) is 63.9 Å². The molecule has 1 heterocycles. The molecule has 1 saturated carbocycles. The molecule has 0 aromatic carbocycles. The smallest absolute Gasteiger partial charge is 0.309 e. The number of nitrogens with zero attached hydrogens (tertiary/aromatic N) is 1. The minimum atomic E-state index is -0.671. The number of carbonyl (C=O) groups excluding carboxylic acids is 2. The van der Waals surface area contributed by atoms with E-state index in [0.717, 1.165) is 12.3 Å². The molecule has 1 N–H and O–H groups in total. The summed E-state index contributed by atoms with van der Waals surface area (Å²) in [6.07, 6.45) is 4.27. The normalized spacial score (nSPS) is 16.9. The molecule has 0 saturated heterocycles. The van der Waals surface area contributed by atoms with E-state index in [0.29, 0.717) is 6.61 Å². The summed E-state index contributed by atoms with van der Waals surface area (Å²) in [7, 11) is 1.39. The molecular weight excluding hydrogens is 374 g/mol. The van der Waals surface area contributed by atoms with E-state index in [1.165, 1.54) is 32.2 Å². The lowest BCUT2D eigenvalue weighted by Gasteiger charge is -2.28. The quantitative estimate of drug-likeness (QED) is 0.416. The van der Waals surface area contributed by atoms with Gasteiger partial charge in [0.1, 0.15) is 6.10 Å². The van der Waals surface area contributed by atoms with Crippen molar-refractivity contribution in [1.82, 2.24) is 4.98 Å². The summed E-state index contributed by atoms with van der Waals surface area (Å²) in [6, 6.07) is 1.46. The average molecular weight is 408 g/mol. The van der Waals surface area contributed by atoms with E-state index >= 15 is 0 Å². The van der Waals surface area contributed by atoms with Crippen molar-refractivity contribution in [3.05, 3.63) is 18.0 Å². The topological polar surface area (TPSA) is 95.0 Å². The molecule has 1 aromatic rings. The molecular formula is C22H33NO6. The van der Waals surface area contributed by atoms with Crippen molar-refractivity contribution < 1.29 is 28.9 Å². The van der Waals surface area contributed by atoms with E-state index in [4.69, 9.17) is 14.2 Å². The van der Waals surface area contributed by atoms with Gasteiger partial charge in [0.15, 0.2) is 23.0 Å². The van der Waals surface area contributed by atoms with E-state index in [1.54, 1.807) is 6.92 Å². The molecule has 1 aliphatic rings. The summed E-state index contributed by atoms with van der Waals surface area (Å²) in [5.74, 6) is -0.863. The van der Waals surface area contributed by atoms with Gasteiger partial charge in [0.2, 0.25) is 0 Å². The molecule has 3 atom stereocenters. The first-order valence-electron chi connectivity index (χ1n) is 10.3. The molecule has 0 amide bonds. The number of aromatic nitrogens is 1. The van der Waals surface area contributed by atoms with E-state index in [1.807, 2.05) is 20.8 Å². The average Bonchev–Trinajstić information content (AvgIpc) is 3.49. The molecule has 0 bridgehead atoms. The third-order valence-corrected chi connectivity index (χ3v) is 5.24. The van der Waals surface area contributed by atoms with Gasteiger partial charge < -0.3 is 19.3 Å². The number of aromatic hydroxyl groups is 1. The molecule has 162 valence electrons. The summed E-state index contributed by atoms with van der Waals surface area (Å²) in [4.78, 5) is 29.0. The minimum Gasteiger partial charge on any atom is -0.503 e. The highest BCUT2D eigenvalue weighted by Gasteiger charge is 2.30. The lowest BCUT2D eigenvalue weighted by molar-refractivity contribution is -0.165. The predicted molar refractivity (Wildman–Crippen MR) is 108 cm³/mol. The Morgan fingerprint density at radius 3 is 2.52 bits per heavy atom. The van der Waals surface area contributed by atoms with Gasteiger partial charge in [-0.2, -0.15) is 0 Å². The zero-order chi connectivity index (χ0) is 21.6. The first kappa shape index (κ1) is 23.1. The fraction of sp³-hybridized carbons (Fsp3) is 0.682. The van der Waals surface area contributed by atoms with Crippen molar-refractivity contribution in [2.75, 3.05) is 13.7 Å². The Morgan fingerprint density at radius 2 is 1.93 bits per heavy atom. The number of Topliss-reactive ketones (excluding diaryl/α,β-unsaturated/α-hetero) is 1. The summed E-state index contributed by atoms with van der Waals surface area (Å²) >= 11 is 0. The molecule has 0 unspecified atom stereocenters. The highest BCUT2D eigenvalue weighted by Crippen LogP contribution is 2.32. The first-order chi connectivity index (χ1) is 13.7. The van der Waals surface area contributed by atoms with Gasteiger partial charge in [-0.1, -0.05) is 33.6 Å². The van der Waals surface area contributed by atoms with Crippen LogP contribution in [0.15, 0.2) is 12.3 Å². The molecule has 1 aliphatic carbocycles. The maximum atomic E-state index is 12.6. The van der Waals surface area contributed by atoms with Crippen LogP contribution in [-0.4, -0.2) is 47.8 Å².